The SMILES string of the molecule is NC(=O)c1ccccc1CCCN1CCC2(CC1)CC(=O)N(Cc1ccc(C(F)(F)F)cc1)C2. The fourth-order valence-corrected chi connectivity index (χ4v) is 5.20. The highest BCUT2D eigenvalue weighted by molar-refractivity contribution is 5.94. The Hall–Kier alpha value is -2.87. The van der Waals surface area contributed by atoms with Crippen LogP contribution < -0.4 is 5.73 Å². The summed E-state index contributed by atoms with van der Waals surface area (Å²) >= 11 is 0. The second-order valence-electron chi connectivity index (χ2n) is 9.59. The lowest BCUT2D eigenvalue weighted by Crippen LogP contribution is -2.42. The van der Waals surface area contributed by atoms with Gasteiger partial charge in [0.1, 0.15) is 0 Å². The predicted octanol–water partition coefficient (Wildman–Crippen LogP) is 4.25. The van der Waals surface area contributed by atoms with Gasteiger partial charge in [-0.25, -0.2) is 0 Å². The molecular formula is C26H30F3N3O2. The Balaban J connectivity index is 1.26. The van der Waals surface area contributed by atoms with Crippen molar-refractivity contribution in [2.75, 3.05) is 26.2 Å². The highest BCUT2D eigenvalue weighted by atomic mass is 19.4. The third kappa shape index (κ3) is 5.60. The minimum Gasteiger partial charge on any atom is -0.366 e. The van der Waals surface area contributed by atoms with E-state index in [-0.39, 0.29) is 11.3 Å². The normalized spacial score (nSPS) is 18.6. The van der Waals surface area contributed by atoms with E-state index in [1.807, 2.05) is 18.2 Å². The Morgan fingerprint density at radius 3 is 2.35 bits per heavy atom. The maximum absolute atomic E-state index is 12.8. The molecular weight excluding hydrogens is 443 g/mol. The maximum atomic E-state index is 12.8. The van der Waals surface area contributed by atoms with E-state index in [1.54, 1.807) is 11.0 Å². The first-order chi connectivity index (χ1) is 16.2. The Bertz CT molecular complexity index is 1030. The van der Waals surface area contributed by atoms with E-state index < -0.39 is 17.6 Å². The third-order valence-corrected chi connectivity index (χ3v) is 7.18. The van der Waals surface area contributed by atoms with Crippen LogP contribution in [0.25, 0.3) is 0 Å². The molecule has 2 amide bonds. The van der Waals surface area contributed by atoms with E-state index in [1.165, 1.54) is 12.1 Å². The van der Waals surface area contributed by atoms with E-state index in [0.717, 1.165) is 63.0 Å². The van der Waals surface area contributed by atoms with Gasteiger partial charge in [-0.05, 0) is 80.1 Å². The van der Waals surface area contributed by atoms with Crippen LogP contribution in [0.2, 0.25) is 0 Å². The fraction of sp³-hybridized carbons (Fsp3) is 0.462. The summed E-state index contributed by atoms with van der Waals surface area (Å²) in [6.45, 7) is 3.76. The third-order valence-electron chi connectivity index (χ3n) is 7.18. The second kappa shape index (κ2) is 9.78. The molecule has 182 valence electrons. The lowest BCUT2D eigenvalue weighted by molar-refractivity contribution is -0.137. The van der Waals surface area contributed by atoms with Crippen molar-refractivity contribution in [2.24, 2.45) is 11.1 Å². The molecule has 2 aromatic rings. The van der Waals surface area contributed by atoms with E-state index in [0.29, 0.717) is 30.6 Å². The number of likely N-dealkylation sites (tertiary alicyclic amines) is 2. The summed E-state index contributed by atoms with van der Waals surface area (Å²) in [5.41, 5.74) is 7.02. The largest absolute Gasteiger partial charge is 0.416 e. The van der Waals surface area contributed by atoms with Gasteiger partial charge < -0.3 is 15.5 Å². The van der Waals surface area contributed by atoms with E-state index in [4.69, 9.17) is 5.73 Å². The number of hydrogen-bond donors (Lipinski definition) is 1. The van der Waals surface area contributed by atoms with Crippen molar-refractivity contribution in [3.8, 4) is 0 Å². The van der Waals surface area contributed by atoms with Crippen molar-refractivity contribution < 1.29 is 22.8 Å². The number of amides is 2. The summed E-state index contributed by atoms with van der Waals surface area (Å²) in [5, 5.41) is 0. The smallest absolute Gasteiger partial charge is 0.366 e. The Labute approximate surface area is 197 Å². The van der Waals surface area contributed by atoms with Gasteiger partial charge in [0.05, 0.1) is 5.56 Å². The van der Waals surface area contributed by atoms with Gasteiger partial charge in [0.15, 0.2) is 0 Å². The number of aryl methyl sites for hydroxylation is 1. The van der Waals surface area contributed by atoms with E-state index in [9.17, 15) is 22.8 Å². The Kier molecular flexibility index (Phi) is 6.98. The number of hydrogen-bond acceptors (Lipinski definition) is 3. The number of halogens is 3. The van der Waals surface area contributed by atoms with Crippen molar-refractivity contribution in [3.63, 3.8) is 0 Å². The molecule has 2 aliphatic rings. The Morgan fingerprint density at radius 2 is 1.71 bits per heavy atom. The molecule has 8 heteroatoms. The highest BCUT2D eigenvalue weighted by Crippen LogP contribution is 2.41. The molecule has 34 heavy (non-hydrogen) atoms. The molecule has 2 saturated heterocycles. The van der Waals surface area contributed by atoms with Crippen molar-refractivity contribution in [2.45, 2.75) is 44.8 Å². The molecule has 4 rings (SSSR count). The molecule has 1 spiro atoms. The number of piperidine rings is 1. The molecule has 2 aromatic carbocycles. The second-order valence-corrected chi connectivity index (χ2v) is 9.59. The zero-order chi connectivity index (χ0) is 24.3. The van der Waals surface area contributed by atoms with Gasteiger partial charge in [0.25, 0.3) is 0 Å². The average molecular weight is 474 g/mol. The number of nitrogens with zero attached hydrogens (tertiary/aromatic N) is 2. The van der Waals surface area contributed by atoms with Crippen LogP contribution in [0, 0.1) is 5.41 Å². The van der Waals surface area contributed by atoms with Gasteiger partial charge in [-0.3, -0.25) is 9.59 Å². The number of carbonyl (C=O) groups is 2. The van der Waals surface area contributed by atoms with Crippen LogP contribution in [-0.2, 0) is 23.9 Å². The van der Waals surface area contributed by atoms with Crippen LogP contribution in [-0.4, -0.2) is 47.8 Å². The van der Waals surface area contributed by atoms with Gasteiger partial charge in [0, 0.05) is 25.1 Å². The molecule has 0 radical (unpaired) electrons. The van der Waals surface area contributed by atoms with Gasteiger partial charge in [-0.15, -0.1) is 0 Å². The summed E-state index contributed by atoms with van der Waals surface area (Å²) in [7, 11) is 0. The zero-order valence-corrected chi connectivity index (χ0v) is 19.1. The van der Waals surface area contributed by atoms with Crippen LogP contribution in [0.4, 0.5) is 13.2 Å². The first kappa shape index (κ1) is 24.3. The number of benzene rings is 2. The minimum absolute atomic E-state index is 0.0436. The minimum atomic E-state index is -4.36. The predicted molar refractivity (Wildman–Crippen MR) is 123 cm³/mol. The average Bonchev–Trinajstić information content (AvgIpc) is 3.09. The van der Waals surface area contributed by atoms with Crippen molar-refractivity contribution in [1.29, 1.82) is 0 Å². The number of rotatable bonds is 7. The number of carbonyl (C=O) groups excluding carboxylic acids is 2. The van der Waals surface area contributed by atoms with Crippen LogP contribution in [0.3, 0.4) is 0 Å². The van der Waals surface area contributed by atoms with Crippen LogP contribution >= 0.6 is 0 Å². The monoisotopic (exact) mass is 473 g/mol. The molecule has 2 heterocycles. The first-order valence-electron chi connectivity index (χ1n) is 11.7. The lowest BCUT2D eigenvalue weighted by Gasteiger charge is -2.39. The standard InChI is InChI=1S/C26H30F3N3O2/c27-26(28,29)21-9-7-19(8-10-21)17-32-18-25(16-23(32)33)11-14-31(15-12-25)13-3-5-20-4-1-2-6-22(20)24(30)34/h1-2,4,6-10H,3,5,11-18H2,(H2,30,34). The molecule has 0 aliphatic carbocycles. The molecule has 5 nitrogen and oxygen atoms in total. The summed E-state index contributed by atoms with van der Waals surface area (Å²) < 4.78 is 38.4. The molecule has 0 aromatic heterocycles. The van der Waals surface area contributed by atoms with Gasteiger partial charge in [-0.1, -0.05) is 30.3 Å². The van der Waals surface area contributed by atoms with Crippen molar-refractivity contribution >= 4 is 11.8 Å². The van der Waals surface area contributed by atoms with Gasteiger partial charge >= 0.3 is 6.18 Å². The van der Waals surface area contributed by atoms with Gasteiger partial charge in [-0.2, -0.15) is 13.2 Å². The number of alkyl halides is 3. The summed E-state index contributed by atoms with van der Waals surface area (Å²) in [5.74, 6) is -0.321. The molecule has 2 aliphatic heterocycles. The number of nitrogens with two attached hydrogens (primary N) is 1. The van der Waals surface area contributed by atoms with Crippen LogP contribution in [0.5, 0.6) is 0 Å². The van der Waals surface area contributed by atoms with Crippen LogP contribution in [0.15, 0.2) is 48.5 Å². The zero-order valence-electron chi connectivity index (χ0n) is 19.1. The quantitative estimate of drug-likeness (QED) is 0.654. The topological polar surface area (TPSA) is 66.6 Å². The summed E-state index contributed by atoms with van der Waals surface area (Å²) in [4.78, 5) is 28.5. The van der Waals surface area contributed by atoms with Crippen LogP contribution in [0.1, 0.15) is 52.7 Å². The summed E-state index contributed by atoms with van der Waals surface area (Å²) in [6, 6.07) is 12.5. The number of primary amides is 1. The highest BCUT2D eigenvalue weighted by Gasteiger charge is 2.44. The summed E-state index contributed by atoms with van der Waals surface area (Å²) in [6.07, 6.45) is -0.268. The van der Waals surface area contributed by atoms with E-state index >= 15 is 0 Å². The van der Waals surface area contributed by atoms with Crippen molar-refractivity contribution in [3.05, 3.63) is 70.8 Å². The fourth-order valence-electron chi connectivity index (χ4n) is 5.20. The Morgan fingerprint density at radius 1 is 1.03 bits per heavy atom. The van der Waals surface area contributed by atoms with Gasteiger partial charge in [0.2, 0.25) is 11.8 Å². The first-order valence-corrected chi connectivity index (χ1v) is 11.7. The lowest BCUT2D eigenvalue weighted by atomic mass is 9.77. The molecule has 0 saturated carbocycles. The molecule has 0 bridgehead atoms. The molecule has 2 N–H and O–H groups in total. The maximum Gasteiger partial charge on any atom is 0.416 e. The molecule has 0 unspecified atom stereocenters. The van der Waals surface area contributed by atoms with E-state index in [2.05, 4.69) is 4.90 Å². The van der Waals surface area contributed by atoms with Crippen molar-refractivity contribution in [1.82, 2.24) is 9.80 Å². The molecule has 0 atom stereocenters. The molecule has 2 fully saturated rings.